The summed E-state index contributed by atoms with van der Waals surface area (Å²) in [6.07, 6.45) is 0. The molecule has 7 rings (SSSR count). The number of aromatic carboxylic acids is 1. The molecule has 26 heteroatoms. The van der Waals surface area contributed by atoms with E-state index < -0.39 is 42.9 Å². The number of ether oxygens (including phenoxy) is 3. The normalized spacial score (nSPS) is 9.28. The fourth-order valence-corrected chi connectivity index (χ4v) is 5.49. The third kappa shape index (κ3) is 24.3. The number of hydrazine groups is 1. The van der Waals surface area contributed by atoms with Crippen molar-refractivity contribution in [1.82, 2.24) is 31.2 Å². The average molecular weight is 1110 g/mol. The first kappa shape index (κ1) is 70.8. The van der Waals surface area contributed by atoms with E-state index >= 15 is 0 Å². The number of methoxy groups -OCH3 is 1. The van der Waals surface area contributed by atoms with Gasteiger partial charge in [-0.1, -0.05) is 95.1 Å². The number of esters is 1. The molecule has 0 spiro atoms. The van der Waals surface area contributed by atoms with Crippen LogP contribution in [0.4, 0.5) is 17.6 Å². The van der Waals surface area contributed by atoms with Crippen LogP contribution in [0.5, 0.6) is 34.5 Å². The number of carboxylic acids is 1. The SMILES string of the molecule is C.C.C.CN.COC(=O)c1ccccc1O.N#CCNC(=O)c1ccccc1OC(F)F.NNC(=O)c1ccccc1O.O=C(NCc1nc(-c2ccccc2O)n[nH]1)c1ccccc1OC(F)F.O=C(O)c1ccccc1O. The van der Waals surface area contributed by atoms with Crippen molar-refractivity contribution >= 4 is 29.7 Å². The lowest BCUT2D eigenvalue weighted by Gasteiger charge is -2.10. The van der Waals surface area contributed by atoms with Crippen LogP contribution in [0.3, 0.4) is 0 Å². The molecule has 0 bridgehead atoms. The second-order valence-corrected chi connectivity index (χ2v) is 13.7. The molecule has 0 unspecified atom stereocenters. The van der Waals surface area contributed by atoms with E-state index in [1.54, 1.807) is 60.7 Å². The molecule has 0 aliphatic rings. The molecule has 0 atom stereocenters. The number of nitriles is 1. The molecule has 0 radical (unpaired) electrons. The number of amides is 3. The van der Waals surface area contributed by atoms with E-state index in [2.05, 4.69) is 45.8 Å². The van der Waals surface area contributed by atoms with E-state index in [1.165, 1.54) is 105 Å². The lowest BCUT2D eigenvalue weighted by atomic mass is 10.2. The highest BCUT2D eigenvalue weighted by atomic mass is 19.3. The third-order valence-electron chi connectivity index (χ3n) is 8.84. The van der Waals surface area contributed by atoms with E-state index in [1.807, 2.05) is 5.43 Å². The van der Waals surface area contributed by atoms with Crippen LogP contribution in [0.2, 0.25) is 0 Å². The van der Waals surface area contributed by atoms with Crippen molar-refractivity contribution in [3.05, 3.63) is 179 Å². The van der Waals surface area contributed by atoms with Crippen LogP contribution in [0.15, 0.2) is 146 Å². The summed E-state index contributed by atoms with van der Waals surface area (Å²) in [5.41, 5.74) is 7.11. The van der Waals surface area contributed by atoms with Gasteiger partial charge in [0, 0.05) is 0 Å². The van der Waals surface area contributed by atoms with Crippen LogP contribution in [0.1, 0.15) is 79.9 Å². The van der Waals surface area contributed by atoms with Gasteiger partial charge in [-0.15, -0.1) is 0 Å². The maximum atomic E-state index is 12.4. The Morgan fingerprint density at radius 3 is 1.38 bits per heavy atom. The fourth-order valence-electron chi connectivity index (χ4n) is 5.49. The molecule has 22 nitrogen and oxygen atoms in total. The number of H-pyrrole nitrogens is 1. The van der Waals surface area contributed by atoms with Gasteiger partial charge in [0.25, 0.3) is 17.7 Å². The number of aromatic nitrogens is 3. The summed E-state index contributed by atoms with van der Waals surface area (Å²) in [5.74, 6) is 1.38. The predicted molar refractivity (Wildman–Crippen MR) is 283 cm³/mol. The number of alkyl halides is 4. The Balaban J connectivity index is 0. The summed E-state index contributed by atoms with van der Waals surface area (Å²) in [4.78, 5) is 59.8. The van der Waals surface area contributed by atoms with Gasteiger partial charge < -0.3 is 56.1 Å². The Morgan fingerprint density at radius 1 is 0.595 bits per heavy atom. The van der Waals surface area contributed by atoms with Gasteiger partial charge in [-0.25, -0.2) is 20.4 Å². The number of carbonyl (C=O) groups excluding carboxylic acids is 4. The number of phenols is 4. The Hall–Kier alpha value is -10.3. The van der Waals surface area contributed by atoms with Crippen LogP contribution in [0.25, 0.3) is 11.4 Å². The minimum Gasteiger partial charge on any atom is -0.507 e. The van der Waals surface area contributed by atoms with Crippen molar-refractivity contribution < 1.29 is 81.3 Å². The number of nitrogens with zero attached hydrogens (tertiary/aromatic N) is 3. The second kappa shape index (κ2) is 38.3. The van der Waals surface area contributed by atoms with Gasteiger partial charge >= 0.3 is 25.2 Å². The van der Waals surface area contributed by atoms with Crippen molar-refractivity contribution in [1.29, 1.82) is 5.26 Å². The number of nitrogens with one attached hydrogen (secondary N) is 4. The van der Waals surface area contributed by atoms with Crippen LogP contribution < -0.4 is 37.1 Å². The van der Waals surface area contributed by atoms with Gasteiger partial charge in [0.2, 0.25) is 0 Å². The number of halogens is 4. The Morgan fingerprint density at radius 2 is 0.987 bits per heavy atom. The van der Waals surface area contributed by atoms with Crippen molar-refractivity contribution in [2.45, 2.75) is 42.0 Å². The number of carboxylic acid groups (broad SMARTS) is 1. The Bertz CT molecular complexity index is 2960. The molecule has 0 saturated carbocycles. The fraction of sp³-hybridized carbons (Fsp3) is 0.170. The number of phenolic OH excluding ortho intramolecular Hbond substituents is 3. The van der Waals surface area contributed by atoms with Gasteiger partial charge in [-0.05, 0) is 79.8 Å². The van der Waals surface area contributed by atoms with Gasteiger partial charge in [-0.2, -0.15) is 27.9 Å². The summed E-state index contributed by atoms with van der Waals surface area (Å²) >= 11 is 0. The molecule has 0 saturated heterocycles. The highest BCUT2D eigenvalue weighted by Crippen LogP contribution is 2.26. The molecule has 0 aliphatic heterocycles. The molecule has 13 N–H and O–H groups in total. The Kier molecular flexibility index (Phi) is 34.3. The van der Waals surface area contributed by atoms with E-state index in [9.17, 15) is 46.6 Å². The average Bonchev–Trinajstić information content (AvgIpc) is 3.89. The first-order chi connectivity index (χ1) is 36.4. The minimum atomic E-state index is -3.03. The smallest absolute Gasteiger partial charge is 0.387 e. The maximum Gasteiger partial charge on any atom is 0.387 e. The number of carbonyl (C=O) groups is 5. The standard InChI is InChI=1S/C17H14F2N4O3.C10H8F2N2O2.C8H8O3.C7H8N2O2.C7H6O3.CH5N.3CH4/c18-17(19)26-13-8-4-2-6-11(13)16(25)20-9-14-21-15(23-22-14)10-5-1-3-7-12(10)24;11-10(12)16-8-4-2-1-3-7(8)9(15)14-6-5-13;1-11-8(10)6-4-2-3-5-7(6)9;8-9-7(11)5-3-1-2-4-6(5)10;8-6-4-2-1-3-5(6)7(9)10;1-2;;;/h1-8,17,24H,9H2,(H,20,25)(H,21,22,23);1-4,10H,6H2,(H,14,15);2-5,9H,1H3;1-4,10H,8H2,(H,9,11);1-4,8H,(H,9,10);2H2,1H3;3*1H4. The highest BCUT2D eigenvalue weighted by Gasteiger charge is 2.18. The second-order valence-electron chi connectivity index (χ2n) is 13.7. The topological polar surface area (TPSA) is 368 Å². The number of benzene rings is 6. The quantitative estimate of drug-likeness (QED) is 0.0130. The lowest BCUT2D eigenvalue weighted by molar-refractivity contribution is -0.0509. The van der Waals surface area contributed by atoms with Crippen molar-refractivity contribution in [2.75, 3.05) is 20.7 Å². The zero-order valence-corrected chi connectivity index (χ0v) is 39.9. The van der Waals surface area contributed by atoms with Crippen molar-refractivity contribution in [2.24, 2.45) is 11.6 Å². The van der Waals surface area contributed by atoms with Crippen LogP contribution in [0, 0.1) is 11.3 Å². The van der Waals surface area contributed by atoms with E-state index in [-0.39, 0.29) is 104 Å². The van der Waals surface area contributed by atoms with E-state index in [0.717, 1.165) is 0 Å². The first-order valence-electron chi connectivity index (χ1n) is 21.4. The monoisotopic (exact) mass is 1110 g/mol. The summed E-state index contributed by atoms with van der Waals surface area (Å²) in [5, 5.41) is 65.0. The number of hydrogen-bond acceptors (Lipinski definition) is 17. The zero-order chi connectivity index (χ0) is 56.6. The predicted octanol–water partition coefficient (Wildman–Crippen LogP) is 8.00. The molecule has 7 aromatic rings. The van der Waals surface area contributed by atoms with Gasteiger partial charge in [0.1, 0.15) is 58.0 Å². The van der Waals surface area contributed by atoms with Crippen molar-refractivity contribution in [3.63, 3.8) is 0 Å². The molecule has 79 heavy (non-hydrogen) atoms. The molecule has 3 amide bonds. The number of nitrogens with two attached hydrogens (primary N) is 2. The number of aromatic amines is 1. The number of hydrogen-bond donors (Lipinski definition) is 11. The third-order valence-corrected chi connectivity index (χ3v) is 8.84. The van der Waals surface area contributed by atoms with E-state index in [0.29, 0.717) is 11.4 Å². The van der Waals surface area contributed by atoms with Gasteiger partial charge in [-0.3, -0.25) is 24.9 Å². The lowest BCUT2D eigenvalue weighted by Crippen LogP contribution is -2.29. The summed E-state index contributed by atoms with van der Waals surface area (Å²) < 4.78 is 61.8. The van der Waals surface area contributed by atoms with Crippen LogP contribution >= 0.6 is 0 Å². The summed E-state index contributed by atoms with van der Waals surface area (Å²) in [6.45, 7) is -6.23. The number of rotatable bonds is 13. The first-order valence-corrected chi connectivity index (χ1v) is 21.4. The molecular formula is C53H61F4N9O13. The van der Waals surface area contributed by atoms with E-state index in [4.69, 9.17) is 31.5 Å². The van der Waals surface area contributed by atoms with Crippen LogP contribution in [-0.2, 0) is 11.3 Å². The highest BCUT2D eigenvalue weighted by molar-refractivity contribution is 5.98. The largest absolute Gasteiger partial charge is 0.507 e. The molecule has 0 fully saturated rings. The summed E-state index contributed by atoms with van der Waals surface area (Å²) in [7, 11) is 2.77. The van der Waals surface area contributed by atoms with Gasteiger partial charge in [0.15, 0.2) is 5.82 Å². The number of aromatic hydroxyl groups is 4. The minimum absolute atomic E-state index is 0. The Labute approximate surface area is 451 Å². The molecular weight excluding hydrogens is 1050 g/mol. The zero-order valence-electron chi connectivity index (χ0n) is 39.9. The van der Waals surface area contributed by atoms with Crippen LogP contribution in [-0.4, -0.2) is 104 Å². The number of nitrogen functional groups attached to an aromatic ring is 1. The molecule has 6 aromatic carbocycles. The molecule has 1 heterocycles. The molecule has 424 valence electrons. The maximum absolute atomic E-state index is 12.4. The molecule has 0 aliphatic carbocycles. The van der Waals surface area contributed by atoms with Gasteiger partial charge in [0.05, 0.1) is 42.0 Å². The summed E-state index contributed by atoms with van der Waals surface area (Å²) in [6, 6.07) is 37.8. The number of para-hydroxylation sites is 6. The molecule has 1 aromatic heterocycles. The van der Waals surface area contributed by atoms with Crippen molar-refractivity contribution in [3.8, 4) is 52.0 Å².